The highest BCUT2D eigenvalue weighted by atomic mass is 19.4. The van der Waals surface area contributed by atoms with Gasteiger partial charge in [0.1, 0.15) is 6.04 Å². The average Bonchev–Trinajstić information content (AvgIpc) is 2.75. The first kappa shape index (κ1) is 30.0. The summed E-state index contributed by atoms with van der Waals surface area (Å²) in [6.45, 7) is 0.131. The third-order valence-electron chi connectivity index (χ3n) is 3.82. The van der Waals surface area contributed by atoms with Gasteiger partial charge < -0.3 is 26.6 Å². The Bertz CT molecular complexity index is 852. The second-order valence-electron chi connectivity index (χ2n) is 6.46. The molecule has 0 aliphatic rings. The molecule has 1 aromatic carbocycles. The number of aliphatic carboxylic acids is 1. The molecule has 1 rings (SSSR count). The van der Waals surface area contributed by atoms with Crippen LogP contribution in [-0.2, 0) is 25.5 Å². The number of hydrazine groups is 1. The van der Waals surface area contributed by atoms with Crippen LogP contribution in [0.5, 0.6) is 0 Å². The maximum atomic E-state index is 12.3. The predicted octanol–water partition coefficient (Wildman–Crippen LogP) is -0.276. The van der Waals surface area contributed by atoms with Crippen LogP contribution >= 0.6 is 0 Å². The number of benzene rings is 1. The van der Waals surface area contributed by atoms with Crippen LogP contribution in [0.4, 0.5) is 13.2 Å². The van der Waals surface area contributed by atoms with Gasteiger partial charge in [-0.2, -0.15) is 13.2 Å². The number of hydrogen-bond acceptors (Lipinski definition) is 8. The second kappa shape index (κ2) is 15.0. The fraction of sp³-hybridized carbons (Fsp3) is 0.444. The fourth-order valence-electron chi connectivity index (χ4n) is 2.25. The number of nitrogens with one attached hydrogen (secondary N) is 2. The lowest BCUT2D eigenvalue weighted by Gasteiger charge is -2.19. The van der Waals surface area contributed by atoms with Gasteiger partial charge in [0.15, 0.2) is 5.03 Å². The van der Waals surface area contributed by atoms with Crippen LogP contribution in [0, 0.1) is 10.1 Å². The number of nitrogens with two attached hydrogens (primary N) is 2. The average molecular weight is 494 g/mol. The monoisotopic (exact) mass is 494 g/mol. The van der Waals surface area contributed by atoms with Crippen molar-refractivity contribution in [3.63, 3.8) is 0 Å². The molecule has 0 spiro atoms. The van der Waals surface area contributed by atoms with E-state index in [1.807, 2.05) is 30.3 Å². The van der Waals surface area contributed by atoms with Crippen LogP contribution in [0.25, 0.3) is 0 Å². The first-order valence-corrected chi connectivity index (χ1v) is 9.46. The number of carboxylic acid groups (broad SMARTS) is 1. The van der Waals surface area contributed by atoms with Gasteiger partial charge in [0.25, 0.3) is 5.96 Å². The topological polar surface area (TPSA) is 212 Å². The number of rotatable bonds is 10. The van der Waals surface area contributed by atoms with E-state index in [1.165, 1.54) is 7.11 Å². The molecular formula is C18H25F3N6O7. The molecule has 190 valence electrons. The number of aliphatic imine (C=N–C) groups is 1. The zero-order valence-corrected chi connectivity index (χ0v) is 17.9. The summed E-state index contributed by atoms with van der Waals surface area (Å²) in [6, 6.07) is 7.54. The maximum Gasteiger partial charge on any atom is 0.490 e. The number of halogens is 3. The van der Waals surface area contributed by atoms with Crippen LogP contribution in [0.2, 0.25) is 0 Å². The third-order valence-corrected chi connectivity index (χ3v) is 3.82. The smallest absolute Gasteiger partial charge is 0.475 e. The van der Waals surface area contributed by atoms with Gasteiger partial charge in [-0.25, -0.2) is 24.7 Å². The number of carboxylic acids is 1. The Morgan fingerprint density at radius 2 is 1.82 bits per heavy atom. The molecule has 34 heavy (non-hydrogen) atoms. The summed E-state index contributed by atoms with van der Waals surface area (Å²) in [4.78, 5) is 47.0. The molecule has 0 aliphatic carbocycles. The van der Waals surface area contributed by atoms with E-state index in [9.17, 15) is 32.9 Å². The summed E-state index contributed by atoms with van der Waals surface area (Å²) >= 11 is 0. The lowest BCUT2D eigenvalue weighted by molar-refractivity contribution is -0.525. The van der Waals surface area contributed by atoms with Gasteiger partial charge >= 0.3 is 18.1 Å². The Labute approximate surface area is 191 Å². The maximum absolute atomic E-state index is 12.3. The van der Waals surface area contributed by atoms with Gasteiger partial charge in [-0.05, 0) is 24.8 Å². The van der Waals surface area contributed by atoms with Gasteiger partial charge in [0.2, 0.25) is 5.91 Å². The Balaban J connectivity index is 0.00000135. The molecule has 0 heterocycles. The summed E-state index contributed by atoms with van der Waals surface area (Å²) in [7, 11) is 1.21. The van der Waals surface area contributed by atoms with E-state index in [0.717, 1.165) is 5.56 Å². The largest absolute Gasteiger partial charge is 0.490 e. The molecule has 0 fully saturated rings. The van der Waals surface area contributed by atoms with Gasteiger partial charge in [-0.1, -0.05) is 35.8 Å². The number of guanidine groups is 1. The molecule has 13 nitrogen and oxygen atoms in total. The van der Waals surface area contributed by atoms with Crippen molar-refractivity contribution < 1.29 is 42.4 Å². The van der Waals surface area contributed by atoms with E-state index in [1.54, 1.807) is 5.43 Å². The van der Waals surface area contributed by atoms with E-state index in [0.29, 0.717) is 12.8 Å². The first-order chi connectivity index (χ1) is 15.8. The molecule has 0 aromatic heterocycles. The van der Waals surface area contributed by atoms with E-state index < -0.39 is 41.1 Å². The Morgan fingerprint density at radius 1 is 1.26 bits per heavy atom. The van der Waals surface area contributed by atoms with Crippen molar-refractivity contribution in [2.75, 3.05) is 13.7 Å². The first-order valence-electron chi connectivity index (χ1n) is 9.46. The third kappa shape index (κ3) is 13.5. The molecule has 16 heteroatoms. The Kier molecular flexibility index (Phi) is 13.2. The molecule has 1 amide bonds. The number of nitrogens with zero attached hydrogens (tertiary/aromatic N) is 2. The minimum atomic E-state index is -5.08. The zero-order chi connectivity index (χ0) is 26.3. The number of amides is 1. The SMILES string of the molecule is COC(=O)[C@@H](CCCN=C(N)N[N+](=O)[O-])NC(=O)[C@@H](N)Cc1ccccc1.O=C(O)C(F)(F)F. The molecular weight excluding hydrogens is 469 g/mol. The number of methoxy groups -OCH3 is 1. The molecule has 1 aromatic rings. The van der Waals surface area contributed by atoms with E-state index in [2.05, 4.69) is 15.0 Å². The van der Waals surface area contributed by atoms with Crippen molar-refractivity contribution in [1.29, 1.82) is 0 Å². The Hall–Kier alpha value is -3.95. The molecule has 0 radical (unpaired) electrons. The number of hydrogen-bond donors (Lipinski definition) is 5. The summed E-state index contributed by atoms with van der Waals surface area (Å²) in [5.74, 6) is -4.20. The second-order valence-corrected chi connectivity index (χ2v) is 6.46. The summed E-state index contributed by atoms with van der Waals surface area (Å²) in [5, 5.41) is 19.1. The van der Waals surface area contributed by atoms with Gasteiger partial charge in [0, 0.05) is 6.54 Å². The van der Waals surface area contributed by atoms with Gasteiger partial charge in [0.05, 0.1) is 13.2 Å². The molecule has 2 atom stereocenters. The molecule has 0 unspecified atom stereocenters. The fourth-order valence-corrected chi connectivity index (χ4v) is 2.25. The summed E-state index contributed by atoms with van der Waals surface area (Å²) in [6.07, 6.45) is -4.20. The summed E-state index contributed by atoms with van der Waals surface area (Å²) < 4.78 is 36.4. The van der Waals surface area contributed by atoms with Crippen LogP contribution in [-0.4, -0.2) is 65.9 Å². The lowest BCUT2D eigenvalue weighted by atomic mass is 10.1. The zero-order valence-electron chi connectivity index (χ0n) is 17.9. The number of alkyl halides is 3. The normalized spacial score (nSPS) is 12.9. The van der Waals surface area contributed by atoms with Crippen molar-refractivity contribution in [3.05, 3.63) is 46.0 Å². The van der Waals surface area contributed by atoms with Crippen molar-refractivity contribution in [2.24, 2.45) is 16.5 Å². The van der Waals surface area contributed by atoms with Gasteiger partial charge in [-0.3, -0.25) is 4.79 Å². The summed E-state index contributed by atoms with van der Waals surface area (Å²) in [5.41, 5.74) is 13.8. The highest BCUT2D eigenvalue weighted by Gasteiger charge is 2.38. The molecule has 7 N–H and O–H groups in total. The number of carbonyl (C=O) groups excluding carboxylic acids is 2. The van der Waals surface area contributed by atoms with Crippen LogP contribution in [0.1, 0.15) is 18.4 Å². The van der Waals surface area contributed by atoms with E-state index in [4.69, 9.17) is 21.4 Å². The van der Waals surface area contributed by atoms with Crippen molar-refractivity contribution >= 4 is 23.8 Å². The van der Waals surface area contributed by atoms with Crippen molar-refractivity contribution in [1.82, 2.24) is 10.7 Å². The van der Waals surface area contributed by atoms with Crippen LogP contribution in [0.15, 0.2) is 35.3 Å². The molecule has 0 bridgehead atoms. The van der Waals surface area contributed by atoms with E-state index in [-0.39, 0.29) is 18.9 Å². The number of carbonyl (C=O) groups is 3. The van der Waals surface area contributed by atoms with Crippen LogP contribution in [0.3, 0.4) is 0 Å². The minimum Gasteiger partial charge on any atom is -0.475 e. The molecule has 0 saturated carbocycles. The number of nitro groups is 1. The Morgan fingerprint density at radius 3 is 2.29 bits per heavy atom. The van der Waals surface area contributed by atoms with Crippen LogP contribution < -0.4 is 22.2 Å². The van der Waals surface area contributed by atoms with Crippen molar-refractivity contribution in [3.8, 4) is 0 Å². The highest BCUT2D eigenvalue weighted by molar-refractivity contribution is 5.87. The van der Waals surface area contributed by atoms with Gasteiger partial charge in [-0.15, -0.1) is 0 Å². The molecule has 0 aliphatic heterocycles. The molecule has 0 saturated heterocycles. The number of esters is 1. The quantitative estimate of drug-likeness (QED) is 0.0716. The highest BCUT2D eigenvalue weighted by Crippen LogP contribution is 2.13. The number of ether oxygens (including phenoxy) is 1. The predicted molar refractivity (Wildman–Crippen MR) is 112 cm³/mol. The standard InChI is InChI=1S/C16H24N6O5.C2HF3O2/c1-27-15(24)13(8-5-9-19-16(18)21-22(25)26)20-14(23)12(17)10-11-6-3-2-4-7-11;3-2(4,5)1(6)7/h2-4,6-7,12-13H,5,8-10,17H2,1H3,(H,20,23)(H3,18,19,21);(H,6,7)/t12-,13+;/m0./s1. The van der Waals surface area contributed by atoms with E-state index >= 15 is 0 Å². The minimum absolute atomic E-state index is 0.131. The lowest BCUT2D eigenvalue weighted by Crippen LogP contribution is -2.49. The van der Waals surface area contributed by atoms with Crippen molar-refractivity contribution in [2.45, 2.75) is 37.5 Å².